The molecule has 0 unspecified atom stereocenters. The van der Waals surface area contributed by atoms with Crippen LogP contribution in [0.4, 0.5) is 21.9 Å². The SMILES string of the molecule is CC(C)(C)C(=O)CN1C(=O)[C@H](NC(=O)Nc2cccc(C(=O)[O-])c2)CN(C2CCCCC2)c2ccccc21.[Na+]. The largest absolute Gasteiger partial charge is 1.00 e. The summed E-state index contributed by atoms with van der Waals surface area (Å²) in [6.45, 7) is 5.62. The Balaban J connectivity index is 0.00000420. The van der Waals surface area contributed by atoms with Crippen molar-refractivity contribution in [2.45, 2.75) is 65.0 Å². The molecule has 10 heteroatoms. The number of fused-ring (bicyclic) bond motifs is 1. The van der Waals surface area contributed by atoms with Crippen LogP contribution in [0.25, 0.3) is 0 Å². The van der Waals surface area contributed by atoms with Crippen LogP contribution in [0, 0.1) is 5.41 Å². The van der Waals surface area contributed by atoms with E-state index in [1.54, 1.807) is 6.07 Å². The number of nitrogens with zero attached hydrogens (tertiary/aromatic N) is 2. The second kappa shape index (κ2) is 13.0. The minimum absolute atomic E-state index is 0. The third kappa shape index (κ3) is 7.41. The van der Waals surface area contributed by atoms with Gasteiger partial charge in [0.1, 0.15) is 6.04 Å². The van der Waals surface area contributed by atoms with E-state index in [0.29, 0.717) is 5.69 Å². The number of nitrogens with one attached hydrogen (secondary N) is 2. The number of Topliss-reactive ketones (excluding diaryl/α,β-unsaturated/α-hetero) is 1. The van der Waals surface area contributed by atoms with Gasteiger partial charge in [0, 0.05) is 23.7 Å². The Bertz CT molecular complexity index is 1220. The Kier molecular flexibility index (Phi) is 10.2. The van der Waals surface area contributed by atoms with Gasteiger partial charge in [-0.15, -0.1) is 0 Å². The van der Waals surface area contributed by atoms with Crippen LogP contribution in [0.1, 0.15) is 63.2 Å². The minimum Gasteiger partial charge on any atom is -0.545 e. The molecule has 1 aliphatic carbocycles. The fraction of sp³-hybridized carbons (Fsp3) is 0.448. The summed E-state index contributed by atoms with van der Waals surface area (Å²) in [5.74, 6) is -1.81. The minimum atomic E-state index is -1.35. The van der Waals surface area contributed by atoms with Crippen LogP contribution in [0.15, 0.2) is 48.5 Å². The molecule has 39 heavy (non-hydrogen) atoms. The monoisotopic (exact) mass is 542 g/mol. The Labute approximate surface area is 251 Å². The topological polar surface area (TPSA) is 122 Å². The Morgan fingerprint density at radius 1 is 0.974 bits per heavy atom. The number of benzene rings is 2. The quantitative estimate of drug-likeness (QED) is 0.508. The fourth-order valence-electron chi connectivity index (χ4n) is 5.05. The zero-order chi connectivity index (χ0) is 27.4. The predicted molar refractivity (Wildman–Crippen MR) is 144 cm³/mol. The second-order valence-corrected chi connectivity index (χ2v) is 11.0. The van der Waals surface area contributed by atoms with E-state index in [0.717, 1.165) is 31.4 Å². The van der Waals surface area contributed by atoms with Gasteiger partial charge in [0.25, 0.3) is 5.91 Å². The van der Waals surface area contributed by atoms with E-state index < -0.39 is 23.5 Å². The number of ketones is 1. The number of anilines is 3. The number of carbonyl (C=O) groups is 4. The molecule has 1 atom stereocenters. The summed E-state index contributed by atoms with van der Waals surface area (Å²) in [5.41, 5.74) is 1.08. The molecule has 0 aromatic heterocycles. The summed E-state index contributed by atoms with van der Waals surface area (Å²) in [4.78, 5) is 55.0. The molecule has 2 N–H and O–H groups in total. The molecule has 1 fully saturated rings. The molecule has 3 amide bonds. The molecular weight excluding hydrogens is 507 g/mol. The summed E-state index contributed by atoms with van der Waals surface area (Å²) < 4.78 is 0. The average Bonchev–Trinajstić information content (AvgIpc) is 2.99. The number of carboxylic acid groups (broad SMARTS) is 1. The fourth-order valence-corrected chi connectivity index (χ4v) is 5.05. The van der Waals surface area contributed by atoms with Gasteiger partial charge >= 0.3 is 35.6 Å². The average molecular weight is 543 g/mol. The van der Waals surface area contributed by atoms with Crippen LogP contribution in [-0.2, 0) is 9.59 Å². The molecule has 0 saturated heterocycles. The van der Waals surface area contributed by atoms with E-state index in [1.807, 2.05) is 45.0 Å². The van der Waals surface area contributed by atoms with Gasteiger partial charge in [-0.1, -0.05) is 64.3 Å². The number of carbonyl (C=O) groups excluding carboxylic acids is 4. The van der Waals surface area contributed by atoms with Crippen molar-refractivity contribution >= 4 is 40.8 Å². The smallest absolute Gasteiger partial charge is 0.545 e. The number of hydrogen-bond acceptors (Lipinski definition) is 6. The summed E-state index contributed by atoms with van der Waals surface area (Å²) in [7, 11) is 0. The van der Waals surface area contributed by atoms with E-state index in [1.165, 1.54) is 29.5 Å². The zero-order valence-electron chi connectivity index (χ0n) is 23.2. The van der Waals surface area contributed by atoms with Gasteiger partial charge in [-0.25, -0.2) is 4.79 Å². The first-order valence-corrected chi connectivity index (χ1v) is 13.1. The van der Waals surface area contributed by atoms with Gasteiger partial charge in [-0.2, -0.15) is 0 Å². The van der Waals surface area contributed by atoms with E-state index in [-0.39, 0.29) is 71.6 Å². The first-order chi connectivity index (χ1) is 18.0. The Hall–Kier alpha value is -2.88. The van der Waals surface area contributed by atoms with Crippen molar-refractivity contribution in [1.29, 1.82) is 0 Å². The second-order valence-electron chi connectivity index (χ2n) is 11.0. The standard InChI is InChI=1S/C29H36N4O5.Na/c1-29(2,3)25(34)18-33-24-15-8-7-14-23(24)32(21-12-5-4-6-13-21)17-22(26(33)35)31-28(38)30-20-11-9-10-19(16-20)27(36)37;/h7-11,14-16,21-22H,4-6,12-13,17-18H2,1-3H3,(H,36,37)(H2,30,31,38);/q;+1/p-1/t22-;/m1./s1. The zero-order valence-corrected chi connectivity index (χ0v) is 25.2. The van der Waals surface area contributed by atoms with Gasteiger partial charge < -0.3 is 30.3 Å². The summed E-state index contributed by atoms with van der Waals surface area (Å²) >= 11 is 0. The van der Waals surface area contributed by atoms with Crippen molar-refractivity contribution in [3.8, 4) is 0 Å². The maximum absolute atomic E-state index is 13.9. The van der Waals surface area contributed by atoms with Crippen molar-refractivity contribution in [2.24, 2.45) is 5.41 Å². The number of urea groups is 1. The third-order valence-electron chi connectivity index (χ3n) is 7.24. The third-order valence-corrected chi connectivity index (χ3v) is 7.24. The molecule has 0 bridgehead atoms. The molecule has 1 saturated carbocycles. The molecule has 1 heterocycles. The molecule has 0 radical (unpaired) electrons. The van der Waals surface area contributed by atoms with Crippen LogP contribution in [0.5, 0.6) is 0 Å². The number of hydrogen-bond donors (Lipinski definition) is 2. The van der Waals surface area contributed by atoms with Gasteiger partial charge in [0.2, 0.25) is 0 Å². The number of rotatable bonds is 6. The van der Waals surface area contributed by atoms with Crippen molar-refractivity contribution in [1.82, 2.24) is 5.32 Å². The van der Waals surface area contributed by atoms with Crippen molar-refractivity contribution < 1.29 is 53.8 Å². The molecule has 2 aromatic carbocycles. The summed E-state index contributed by atoms with van der Waals surface area (Å²) in [6, 6.07) is 12.0. The van der Waals surface area contributed by atoms with Crippen molar-refractivity contribution in [2.75, 3.05) is 28.2 Å². The molecule has 9 nitrogen and oxygen atoms in total. The van der Waals surface area contributed by atoms with E-state index >= 15 is 0 Å². The van der Waals surface area contributed by atoms with Crippen LogP contribution in [0.3, 0.4) is 0 Å². The maximum atomic E-state index is 13.9. The number of carboxylic acids is 1. The first kappa shape index (κ1) is 30.7. The van der Waals surface area contributed by atoms with Crippen LogP contribution < -0.4 is 55.1 Å². The van der Waals surface area contributed by atoms with Crippen molar-refractivity contribution in [3.05, 3.63) is 54.1 Å². The maximum Gasteiger partial charge on any atom is 1.00 e. The van der Waals surface area contributed by atoms with Gasteiger partial charge in [-0.3, -0.25) is 9.59 Å². The molecule has 4 rings (SSSR count). The van der Waals surface area contributed by atoms with Gasteiger partial charge in [-0.05, 0) is 42.7 Å². The number of aromatic carboxylic acids is 1. The van der Waals surface area contributed by atoms with Crippen LogP contribution in [0.2, 0.25) is 0 Å². The first-order valence-electron chi connectivity index (χ1n) is 13.1. The van der Waals surface area contributed by atoms with Crippen LogP contribution >= 0.6 is 0 Å². The van der Waals surface area contributed by atoms with Crippen molar-refractivity contribution in [3.63, 3.8) is 0 Å². The van der Waals surface area contributed by atoms with Crippen LogP contribution in [-0.4, -0.2) is 48.9 Å². The Morgan fingerprint density at radius 2 is 1.64 bits per heavy atom. The summed E-state index contributed by atoms with van der Waals surface area (Å²) in [6.07, 6.45) is 5.33. The predicted octanol–water partition coefficient (Wildman–Crippen LogP) is 0.345. The molecule has 202 valence electrons. The normalized spacial score (nSPS) is 17.9. The molecule has 1 aliphatic heterocycles. The number of amides is 3. The summed E-state index contributed by atoms with van der Waals surface area (Å²) in [5, 5.41) is 16.6. The van der Waals surface area contributed by atoms with Gasteiger partial charge in [0.15, 0.2) is 5.78 Å². The number of para-hydroxylation sites is 2. The van der Waals surface area contributed by atoms with E-state index in [9.17, 15) is 24.3 Å². The molecular formula is C29H35N4NaO5. The molecule has 2 aromatic rings. The molecule has 0 spiro atoms. The molecule has 2 aliphatic rings. The van der Waals surface area contributed by atoms with Gasteiger partial charge in [0.05, 0.1) is 23.9 Å². The van der Waals surface area contributed by atoms with E-state index in [4.69, 9.17) is 0 Å². The Morgan fingerprint density at radius 3 is 2.28 bits per heavy atom. The van der Waals surface area contributed by atoms with E-state index in [2.05, 4.69) is 15.5 Å².